The Labute approximate surface area is 196 Å². The molecule has 0 amide bonds. The average Bonchev–Trinajstić information content (AvgIpc) is 3.31. The number of oxazole rings is 1. The summed E-state index contributed by atoms with van der Waals surface area (Å²) in [6, 6.07) is 6.02. The maximum Gasteiger partial charge on any atom is 0.227 e. The number of carbonyl (C=O) groups excluding carboxylic acids is 2. The van der Waals surface area contributed by atoms with Crippen LogP contribution in [0.15, 0.2) is 51.3 Å². The zero-order valence-corrected chi connectivity index (χ0v) is 19.5. The van der Waals surface area contributed by atoms with E-state index < -0.39 is 0 Å². The molecule has 0 spiro atoms. The number of benzene rings is 1. The van der Waals surface area contributed by atoms with E-state index in [2.05, 4.69) is 4.98 Å². The van der Waals surface area contributed by atoms with Gasteiger partial charge in [-0.15, -0.1) is 0 Å². The Morgan fingerprint density at radius 2 is 1.91 bits per heavy atom. The molecule has 0 radical (unpaired) electrons. The standard InChI is InChI=1S/C25H26FNO5S/c1-3-20-23(28)22(33-25(20)29)11-12-30-18-5-4-6-19(13-18)31-14-21-15(2)32-24(27-21)16-7-9-17(26)10-8-16/h3,7-11,18-19H,4-6,12-14H2,1-2H3/b20-3?,22-11-. The zero-order chi connectivity index (χ0) is 23.4. The number of ketones is 1. The summed E-state index contributed by atoms with van der Waals surface area (Å²) in [7, 11) is 0. The number of thioether (sulfide) groups is 1. The lowest BCUT2D eigenvalue weighted by atomic mass is 9.95. The molecule has 0 bridgehead atoms. The number of allylic oxidation sites excluding steroid dienone is 2. The predicted molar refractivity (Wildman–Crippen MR) is 123 cm³/mol. The van der Waals surface area contributed by atoms with Gasteiger partial charge in [0.1, 0.15) is 17.3 Å². The molecule has 1 saturated heterocycles. The van der Waals surface area contributed by atoms with Crippen molar-refractivity contribution in [2.45, 2.75) is 58.3 Å². The number of aryl methyl sites for hydroxylation is 1. The van der Waals surface area contributed by atoms with Crippen LogP contribution in [-0.2, 0) is 25.7 Å². The molecule has 1 aliphatic carbocycles. The lowest BCUT2D eigenvalue weighted by molar-refractivity contribution is -0.114. The number of aromatic nitrogens is 1. The van der Waals surface area contributed by atoms with Crippen molar-refractivity contribution < 1.29 is 27.9 Å². The third-order valence-corrected chi connectivity index (χ3v) is 6.78. The molecule has 2 aromatic rings. The predicted octanol–water partition coefficient (Wildman–Crippen LogP) is 5.31. The summed E-state index contributed by atoms with van der Waals surface area (Å²) >= 11 is 0.967. The number of carbonyl (C=O) groups is 2. The van der Waals surface area contributed by atoms with Gasteiger partial charge in [-0.05, 0) is 81.6 Å². The van der Waals surface area contributed by atoms with E-state index in [1.807, 2.05) is 6.92 Å². The molecule has 2 unspecified atom stereocenters. The Morgan fingerprint density at radius 1 is 1.18 bits per heavy atom. The van der Waals surface area contributed by atoms with Crippen LogP contribution in [0.2, 0.25) is 0 Å². The maximum atomic E-state index is 13.1. The van der Waals surface area contributed by atoms with Crippen molar-refractivity contribution in [3.8, 4) is 11.5 Å². The SMILES string of the molecule is CC=C1C(=O)S/C(=C\COC2CCCC(OCc3nc(-c4ccc(F)cc4)oc3C)C2)C1=O. The summed E-state index contributed by atoms with van der Waals surface area (Å²) in [6.07, 6.45) is 6.94. The Morgan fingerprint density at radius 3 is 2.61 bits per heavy atom. The fourth-order valence-corrected chi connectivity index (χ4v) is 4.82. The smallest absolute Gasteiger partial charge is 0.227 e. The molecule has 1 saturated carbocycles. The monoisotopic (exact) mass is 471 g/mol. The lowest BCUT2D eigenvalue weighted by Gasteiger charge is -2.28. The highest BCUT2D eigenvalue weighted by Gasteiger charge is 2.31. The molecular weight excluding hydrogens is 445 g/mol. The molecule has 2 aliphatic rings. The molecule has 4 rings (SSSR count). The van der Waals surface area contributed by atoms with Gasteiger partial charge < -0.3 is 13.9 Å². The number of rotatable bonds is 7. The number of hydrogen-bond acceptors (Lipinski definition) is 7. The van der Waals surface area contributed by atoms with Gasteiger partial charge >= 0.3 is 0 Å². The Kier molecular flexibility index (Phi) is 7.57. The van der Waals surface area contributed by atoms with E-state index in [0.717, 1.165) is 43.1 Å². The van der Waals surface area contributed by atoms with Gasteiger partial charge in [0.05, 0.1) is 35.9 Å². The van der Waals surface area contributed by atoms with E-state index in [1.54, 1.807) is 31.2 Å². The second-order valence-electron chi connectivity index (χ2n) is 8.07. The Hall–Kier alpha value is -2.55. The van der Waals surface area contributed by atoms with Crippen molar-refractivity contribution in [1.29, 1.82) is 0 Å². The molecular formula is C25H26FNO5S. The van der Waals surface area contributed by atoms with Crippen molar-refractivity contribution in [2.75, 3.05) is 6.61 Å². The number of Topliss-reactive ketones (excluding diaryl/α,β-unsaturated/α-hetero) is 1. The normalized spacial score (nSPS) is 23.7. The summed E-state index contributed by atoms with van der Waals surface area (Å²) in [5.41, 5.74) is 1.68. The quantitative estimate of drug-likeness (QED) is 0.400. The van der Waals surface area contributed by atoms with Gasteiger partial charge in [0.2, 0.25) is 16.8 Å². The van der Waals surface area contributed by atoms with E-state index >= 15 is 0 Å². The van der Waals surface area contributed by atoms with Gasteiger partial charge in [-0.25, -0.2) is 9.37 Å². The minimum atomic E-state index is -0.305. The van der Waals surface area contributed by atoms with Crippen LogP contribution in [0.4, 0.5) is 4.39 Å². The highest BCUT2D eigenvalue weighted by molar-refractivity contribution is 8.19. The van der Waals surface area contributed by atoms with Gasteiger partial charge in [-0.3, -0.25) is 9.59 Å². The fraction of sp³-hybridized carbons (Fsp3) is 0.400. The van der Waals surface area contributed by atoms with Crippen LogP contribution in [0.3, 0.4) is 0 Å². The maximum absolute atomic E-state index is 13.1. The fourth-order valence-electron chi connectivity index (χ4n) is 3.95. The topological polar surface area (TPSA) is 78.6 Å². The van der Waals surface area contributed by atoms with Crippen LogP contribution >= 0.6 is 11.8 Å². The van der Waals surface area contributed by atoms with E-state index in [4.69, 9.17) is 13.9 Å². The summed E-state index contributed by atoms with van der Waals surface area (Å²) < 4.78 is 30.9. The summed E-state index contributed by atoms with van der Waals surface area (Å²) in [4.78, 5) is 28.9. The molecule has 1 aromatic heterocycles. The van der Waals surface area contributed by atoms with Crippen LogP contribution in [0, 0.1) is 12.7 Å². The van der Waals surface area contributed by atoms with E-state index in [-0.39, 0.29) is 34.5 Å². The second-order valence-corrected chi connectivity index (χ2v) is 9.09. The van der Waals surface area contributed by atoms with Crippen LogP contribution in [0.25, 0.3) is 11.5 Å². The molecule has 174 valence electrons. The van der Waals surface area contributed by atoms with Gasteiger partial charge in [-0.1, -0.05) is 6.08 Å². The lowest BCUT2D eigenvalue weighted by Crippen LogP contribution is -2.28. The molecule has 2 heterocycles. The molecule has 2 atom stereocenters. The van der Waals surface area contributed by atoms with Crippen LogP contribution < -0.4 is 0 Å². The van der Waals surface area contributed by atoms with E-state index in [9.17, 15) is 14.0 Å². The van der Waals surface area contributed by atoms with Crippen molar-refractivity contribution in [1.82, 2.24) is 4.98 Å². The van der Waals surface area contributed by atoms with Crippen molar-refractivity contribution in [3.63, 3.8) is 0 Å². The molecule has 8 heteroatoms. The molecule has 2 fully saturated rings. The first-order valence-electron chi connectivity index (χ1n) is 11.0. The minimum absolute atomic E-state index is 0.0344. The first kappa shape index (κ1) is 23.6. The second kappa shape index (κ2) is 10.6. The third-order valence-electron chi connectivity index (χ3n) is 5.80. The van der Waals surface area contributed by atoms with Gasteiger partial charge in [0.25, 0.3) is 0 Å². The average molecular weight is 472 g/mol. The van der Waals surface area contributed by atoms with Gasteiger partial charge in [0.15, 0.2) is 0 Å². The van der Waals surface area contributed by atoms with Crippen LogP contribution in [0.1, 0.15) is 44.1 Å². The summed E-state index contributed by atoms with van der Waals surface area (Å²) in [6.45, 7) is 4.15. The van der Waals surface area contributed by atoms with Crippen LogP contribution in [-0.4, -0.2) is 34.7 Å². The molecule has 33 heavy (non-hydrogen) atoms. The van der Waals surface area contributed by atoms with Gasteiger partial charge in [0, 0.05) is 5.56 Å². The molecule has 1 aliphatic heterocycles. The van der Waals surface area contributed by atoms with Crippen molar-refractivity contribution >= 4 is 22.7 Å². The summed E-state index contributed by atoms with van der Waals surface area (Å²) in [5.74, 6) is 0.602. The molecule has 6 nitrogen and oxygen atoms in total. The van der Waals surface area contributed by atoms with E-state index in [1.165, 1.54) is 12.1 Å². The number of halogens is 1. The largest absolute Gasteiger partial charge is 0.441 e. The summed E-state index contributed by atoms with van der Waals surface area (Å²) in [5, 5.41) is -0.203. The van der Waals surface area contributed by atoms with Crippen LogP contribution in [0.5, 0.6) is 0 Å². The first-order valence-corrected chi connectivity index (χ1v) is 11.8. The highest BCUT2D eigenvalue weighted by Crippen LogP contribution is 2.33. The zero-order valence-electron chi connectivity index (χ0n) is 18.6. The molecule has 0 N–H and O–H groups in total. The number of nitrogens with zero attached hydrogens (tertiary/aromatic N) is 1. The highest BCUT2D eigenvalue weighted by atomic mass is 32.2. The number of ether oxygens (including phenoxy) is 2. The Balaban J connectivity index is 1.27. The number of hydrogen-bond donors (Lipinski definition) is 0. The van der Waals surface area contributed by atoms with Gasteiger partial charge in [-0.2, -0.15) is 0 Å². The van der Waals surface area contributed by atoms with E-state index in [0.29, 0.717) is 35.3 Å². The third kappa shape index (κ3) is 5.69. The Bertz CT molecular complexity index is 1090. The van der Waals surface area contributed by atoms with Crippen molar-refractivity contribution in [3.05, 3.63) is 64.2 Å². The first-order chi connectivity index (χ1) is 15.9. The van der Waals surface area contributed by atoms with Crippen molar-refractivity contribution in [2.24, 2.45) is 0 Å². The minimum Gasteiger partial charge on any atom is -0.441 e. The molecule has 1 aromatic carbocycles.